The van der Waals surface area contributed by atoms with Crippen molar-refractivity contribution in [1.82, 2.24) is 10.2 Å². The Labute approximate surface area is 94.2 Å². The number of hydrogen-bond acceptors (Lipinski definition) is 3. The summed E-state index contributed by atoms with van der Waals surface area (Å²) in [5.41, 5.74) is 0. The van der Waals surface area contributed by atoms with Crippen LogP contribution < -0.4 is 5.32 Å². The summed E-state index contributed by atoms with van der Waals surface area (Å²) >= 11 is 0. The largest absolute Gasteiger partial charge is 0.383 e. The standard InChI is InChI=1S/C12H26N2O/c1-5-14(11(3)9-15-4)8-10(2)12-6-13-7-12/h10-13H,5-9H2,1-4H3. The summed E-state index contributed by atoms with van der Waals surface area (Å²) in [5, 5.41) is 3.34. The van der Waals surface area contributed by atoms with E-state index in [-0.39, 0.29) is 0 Å². The molecule has 1 fully saturated rings. The molecule has 0 saturated carbocycles. The molecule has 0 aromatic heterocycles. The fourth-order valence-electron chi connectivity index (χ4n) is 2.20. The van der Waals surface area contributed by atoms with Crippen LogP contribution in [0, 0.1) is 11.8 Å². The maximum absolute atomic E-state index is 5.21. The number of methoxy groups -OCH3 is 1. The number of rotatable bonds is 7. The molecule has 1 heterocycles. The first-order valence-electron chi connectivity index (χ1n) is 6.12. The highest BCUT2D eigenvalue weighted by Crippen LogP contribution is 2.18. The minimum atomic E-state index is 0.537. The van der Waals surface area contributed by atoms with Gasteiger partial charge in [-0.1, -0.05) is 13.8 Å². The van der Waals surface area contributed by atoms with Crippen LogP contribution >= 0.6 is 0 Å². The first-order valence-corrected chi connectivity index (χ1v) is 6.12. The van der Waals surface area contributed by atoms with Crippen molar-refractivity contribution in [2.24, 2.45) is 11.8 Å². The molecule has 0 radical (unpaired) electrons. The predicted molar refractivity (Wildman–Crippen MR) is 64.1 cm³/mol. The normalized spacial score (nSPS) is 21.4. The molecule has 1 saturated heterocycles. The minimum absolute atomic E-state index is 0.537. The highest BCUT2D eigenvalue weighted by atomic mass is 16.5. The zero-order valence-corrected chi connectivity index (χ0v) is 10.6. The van der Waals surface area contributed by atoms with Crippen LogP contribution in [0.1, 0.15) is 20.8 Å². The van der Waals surface area contributed by atoms with Crippen LogP contribution in [0.5, 0.6) is 0 Å². The smallest absolute Gasteiger partial charge is 0.0615 e. The third-order valence-electron chi connectivity index (χ3n) is 3.58. The van der Waals surface area contributed by atoms with Crippen molar-refractivity contribution >= 4 is 0 Å². The van der Waals surface area contributed by atoms with Crippen LogP contribution in [-0.4, -0.2) is 50.8 Å². The van der Waals surface area contributed by atoms with Gasteiger partial charge in [0.15, 0.2) is 0 Å². The lowest BCUT2D eigenvalue weighted by Gasteiger charge is -2.37. The summed E-state index contributed by atoms with van der Waals surface area (Å²) in [6.07, 6.45) is 0. The molecular formula is C12H26N2O. The molecule has 1 rings (SSSR count). The Balaban J connectivity index is 2.30. The Morgan fingerprint density at radius 1 is 1.40 bits per heavy atom. The fourth-order valence-corrected chi connectivity index (χ4v) is 2.20. The molecule has 0 amide bonds. The van der Waals surface area contributed by atoms with Crippen molar-refractivity contribution in [3.8, 4) is 0 Å². The van der Waals surface area contributed by atoms with Gasteiger partial charge in [0.2, 0.25) is 0 Å². The quantitative estimate of drug-likeness (QED) is 0.689. The summed E-state index contributed by atoms with van der Waals surface area (Å²) in [6.45, 7) is 12.4. The maximum Gasteiger partial charge on any atom is 0.0615 e. The SMILES string of the molecule is CCN(CC(C)C1CNC1)C(C)COC. The van der Waals surface area contributed by atoms with Crippen LogP contribution in [0.15, 0.2) is 0 Å². The van der Waals surface area contributed by atoms with Gasteiger partial charge in [-0.05, 0) is 38.4 Å². The first kappa shape index (κ1) is 12.9. The van der Waals surface area contributed by atoms with E-state index < -0.39 is 0 Å². The van der Waals surface area contributed by atoms with E-state index in [1.165, 1.54) is 19.6 Å². The van der Waals surface area contributed by atoms with E-state index in [0.29, 0.717) is 6.04 Å². The van der Waals surface area contributed by atoms with E-state index in [4.69, 9.17) is 4.74 Å². The van der Waals surface area contributed by atoms with Crippen LogP contribution in [0.3, 0.4) is 0 Å². The van der Waals surface area contributed by atoms with E-state index in [2.05, 4.69) is 31.0 Å². The molecule has 0 aromatic carbocycles. The fraction of sp³-hybridized carbons (Fsp3) is 1.00. The van der Waals surface area contributed by atoms with Crippen LogP contribution in [0.4, 0.5) is 0 Å². The molecule has 3 heteroatoms. The molecule has 0 spiro atoms. The van der Waals surface area contributed by atoms with Crippen molar-refractivity contribution in [3.63, 3.8) is 0 Å². The zero-order chi connectivity index (χ0) is 11.3. The Hall–Kier alpha value is -0.120. The van der Waals surface area contributed by atoms with Gasteiger partial charge in [-0.2, -0.15) is 0 Å². The molecule has 15 heavy (non-hydrogen) atoms. The van der Waals surface area contributed by atoms with Gasteiger partial charge < -0.3 is 10.1 Å². The second-order valence-electron chi connectivity index (χ2n) is 4.79. The van der Waals surface area contributed by atoms with Gasteiger partial charge in [0.25, 0.3) is 0 Å². The number of nitrogens with zero attached hydrogens (tertiary/aromatic N) is 1. The minimum Gasteiger partial charge on any atom is -0.383 e. The summed E-state index contributed by atoms with van der Waals surface area (Å²) in [6, 6.07) is 0.537. The Bertz CT molecular complexity index is 171. The molecule has 2 atom stereocenters. The molecule has 90 valence electrons. The average molecular weight is 214 g/mol. The van der Waals surface area contributed by atoms with Gasteiger partial charge in [-0.3, -0.25) is 4.90 Å². The predicted octanol–water partition coefficient (Wildman–Crippen LogP) is 1.20. The number of ether oxygens (including phenoxy) is 1. The highest BCUT2D eigenvalue weighted by molar-refractivity contribution is 4.82. The van der Waals surface area contributed by atoms with Crippen molar-refractivity contribution in [3.05, 3.63) is 0 Å². The third kappa shape index (κ3) is 3.74. The molecule has 2 unspecified atom stereocenters. The third-order valence-corrected chi connectivity index (χ3v) is 3.58. The number of hydrogen-bond donors (Lipinski definition) is 1. The van der Waals surface area contributed by atoms with Crippen LogP contribution in [-0.2, 0) is 4.74 Å². The Morgan fingerprint density at radius 2 is 2.07 bits per heavy atom. The Kier molecular flexibility index (Phi) is 5.58. The molecule has 0 aliphatic carbocycles. The van der Waals surface area contributed by atoms with Gasteiger partial charge in [0, 0.05) is 19.7 Å². The van der Waals surface area contributed by atoms with Crippen molar-refractivity contribution in [1.29, 1.82) is 0 Å². The summed E-state index contributed by atoms with van der Waals surface area (Å²) < 4.78 is 5.21. The number of nitrogens with one attached hydrogen (secondary N) is 1. The Morgan fingerprint density at radius 3 is 2.47 bits per heavy atom. The van der Waals surface area contributed by atoms with E-state index >= 15 is 0 Å². The van der Waals surface area contributed by atoms with Gasteiger partial charge in [-0.25, -0.2) is 0 Å². The molecule has 3 nitrogen and oxygen atoms in total. The monoisotopic (exact) mass is 214 g/mol. The summed E-state index contributed by atoms with van der Waals surface area (Å²) in [7, 11) is 1.78. The summed E-state index contributed by atoms with van der Waals surface area (Å²) in [4.78, 5) is 2.52. The van der Waals surface area contributed by atoms with Crippen molar-refractivity contribution < 1.29 is 4.74 Å². The highest BCUT2D eigenvalue weighted by Gasteiger charge is 2.25. The molecule has 1 aliphatic heterocycles. The maximum atomic E-state index is 5.21. The van der Waals surface area contributed by atoms with E-state index in [9.17, 15) is 0 Å². The van der Waals surface area contributed by atoms with Crippen molar-refractivity contribution in [2.75, 3.05) is 39.9 Å². The molecule has 1 N–H and O–H groups in total. The van der Waals surface area contributed by atoms with Gasteiger partial charge >= 0.3 is 0 Å². The average Bonchev–Trinajstić information content (AvgIpc) is 2.11. The van der Waals surface area contributed by atoms with Crippen LogP contribution in [0.25, 0.3) is 0 Å². The van der Waals surface area contributed by atoms with E-state index in [1.54, 1.807) is 7.11 Å². The van der Waals surface area contributed by atoms with Gasteiger partial charge in [-0.15, -0.1) is 0 Å². The molecule has 0 aromatic rings. The topological polar surface area (TPSA) is 24.5 Å². The molecular weight excluding hydrogens is 188 g/mol. The zero-order valence-electron chi connectivity index (χ0n) is 10.6. The second-order valence-corrected chi connectivity index (χ2v) is 4.79. The van der Waals surface area contributed by atoms with E-state index in [1.807, 2.05) is 0 Å². The van der Waals surface area contributed by atoms with Gasteiger partial charge in [0.05, 0.1) is 6.61 Å². The number of likely N-dealkylation sites (N-methyl/N-ethyl adjacent to an activating group) is 1. The first-order chi connectivity index (χ1) is 7.19. The second kappa shape index (κ2) is 6.46. The lowest BCUT2D eigenvalue weighted by Crippen LogP contribution is -2.49. The summed E-state index contributed by atoms with van der Waals surface area (Å²) in [5.74, 6) is 1.68. The lowest BCUT2D eigenvalue weighted by atomic mass is 9.88. The van der Waals surface area contributed by atoms with E-state index in [0.717, 1.165) is 25.0 Å². The molecule has 1 aliphatic rings. The van der Waals surface area contributed by atoms with Gasteiger partial charge in [0.1, 0.15) is 0 Å². The lowest BCUT2D eigenvalue weighted by molar-refractivity contribution is 0.0792. The van der Waals surface area contributed by atoms with Crippen LogP contribution in [0.2, 0.25) is 0 Å². The molecule has 0 bridgehead atoms. The van der Waals surface area contributed by atoms with Crippen molar-refractivity contribution in [2.45, 2.75) is 26.8 Å².